The summed E-state index contributed by atoms with van der Waals surface area (Å²) < 4.78 is 1.52. The summed E-state index contributed by atoms with van der Waals surface area (Å²) >= 11 is 0. The number of aliphatic hydroxyl groups excluding tert-OH is 2. The highest BCUT2D eigenvalue weighted by molar-refractivity contribution is 5.93. The number of carbonyl (C=O) groups is 1. The molecule has 1 aromatic heterocycles. The van der Waals surface area contributed by atoms with E-state index in [1.54, 1.807) is 0 Å². The average molecular weight is 285 g/mol. The van der Waals surface area contributed by atoms with Gasteiger partial charge >= 0.3 is 0 Å². The van der Waals surface area contributed by atoms with Crippen molar-refractivity contribution in [2.24, 2.45) is 0 Å². The van der Waals surface area contributed by atoms with E-state index in [-0.39, 0.29) is 43.7 Å². The molecule has 0 radical (unpaired) electrons. The summed E-state index contributed by atoms with van der Waals surface area (Å²) in [5.41, 5.74) is 0.0172. The molecule has 0 unspecified atom stereocenters. The van der Waals surface area contributed by atoms with E-state index in [0.717, 1.165) is 0 Å². The fourth-order valence-corrected chi connectivity index (χ4v) is 1.88. The molecule has 1 rings (SSSR count). The minimum atomic E-state index is -0.557. The molecule has 0 aliphatic heterocycles. The zero-order valence-corrected chi connectivity index (χ0v) is 11.5. The monoisotopic (exact) mass is 285 g/mol. The number of rotatable bonds is 7. The Morgan fingerprint density at radius 2 is 1.95 bits per heavy atom. The van der Waals surface area contributed by atoms with Crippen molar-refractivity contribution in [3.63, 3.8) is 0 Å². The number of aliphatic hydroxyl groups is 2. The van der Waals surface area contributed by atoms with Crippen molar-refractivity contribution in [3.8, 4) is 0 Å². The van der Waals surface area contributed by atoms with Crippen molar-refractivity contribution in [1.82, 2.24) is 9.47 Å². The van der Waals surface area contributed by atoms with Crippen molar-refractivity contribution >= 4 is 11.6 Å². The van der Waals surface area contributed by atoms with Crippen LogP contribution in [0.5, 0.6) is 0 Å². The molecular weight excluding hydrogens is 266 g/mol. The van der Waals surface area contributed by atoms with Crippen LogP contribution in [-0.2, 0) is 0 Å². The molecule has 0 aliphatic rings. The van der Waals surface area contributed by atoms with Gasteiger partial charge in [0.2, 0.25) is 0 Å². The molecule has 112 valence electrons. The van der Waals surface area contributed by atoms with Gasteiger partial charge in [-0.3, -0.25) is 14.9 Å². The zero-order valence-electron chi connectivity index (χ0n) is 11.5. The van der Waals surface area contributed by atoms with Crippen LogP contribution in [0.4, 0.5) is 5.69 Å². The van der Waals surface area contributed by atoms with E-state index in [1.165, 1.54) is 21.7 Å². The van der Waals surface area contributed by atoms with Crippen LogP contribution in [0.15, 0.2) is 12.3 Å². The highest BCUT2D eigenvalue weighted by Gasteiger charge is 2.24. The Morgan fingerprint density at radius 3 is 2.35 bits per heavy atom. The van der Waals surface area contributed by atoms with Crippen LogP contribution in [0.1, 0.15) is 30.4 Å². The lowest BCUT2D eigenvalue weighted by atomic mass is 10.3. The molecule has 0 bridgehead atoms. The quantitative estimate of drug-likeness (QED) is 0.557. The van der Waals surface area contributed by atoms with Crippen molar-refractivity contribution in [2.45, 2.75) is 19.9 Å². The minimum absolute atomic E-state index is 0.0659. The fourth-order valence-electron chi connectivity index (χ4n) is 1.88. The van der Waals surface area contributed by atoms with Gasteiger partial charge in [0.25, 0.3) is 11.6 Å². The average Bonchev–Trinajstić information content (AvgIpc) is 2.83. The van der Waals surface area contributed by atoms with Crippen LogP contribution in [0.3, 0.4) is 0 Å². The second kappa shape index (κ2) is 7.01. The maximum atomic E-state index is 12.3. The van der Waals surface area contributed by atoms with Crippen LogP contribution in [0.2, 0.25) is 0 Å². The van der Waals surface area contributed by atoms with E-state index in [1.807, 2.05) is 13.8 Å². The molecule has 1 heterocycles. The van der Waals surface area contributed by atoms with Crippen molar-refractivity contribution in [1.29, 1.82) is 0 Å². The third-order valence-corrected chi connectivity index (χ3v) is 2.85. The van der Waals surface area contributed by atoms with Crippen LogP contribution >= 0.6 is 0 Å². The van der Waals surface area contributed by atoms with Crippen molar-refractivity contribution < 1.29 is 19.9 Å². The molecule has 0 saturated heterocycles. The molecule has 20 heavy (non-hydrogen) atoms. The summed E-state index contributed by atoms with van der Waals surface area (Å²) in [6.07, 6.45) is 1.31. The van der Waals surface area contributed by atoms with Crippen LogP contribution in [0.25, 0.3) is 0 Å². The van der Waals surface area contributed by atoms with Gasteiger partial charge in [0.15, 0.2) is 0 Å². The third kappa shape index (κ3) is 3.55. The Hall–Kier alpha value is -1.93. The number of aromatic nitrogens is 1. The number of amides is 1. The smallest absolute Gasteiger partial charge is 0.287 e. The SMILES string of the molecule is CC(C)n1cc([N+](=O)[O-])cc1C(=O)N(CCO)CCO. The molecule has 0 saturated carbocycles. The second-order valence-electron chi connectivity index (χ2n) is 4.58. The highest BCUT2D eigenvalue weighted by Crippen LogP contribution is 2.21. The number of nitro groups is 1. The summed E-state index contributed by atoms with van der Waals surface area (Å²) in [5.74, 6) is -0.449. The fraction of sp³-hybridized carbons (Fsp3) is 0.583. The largest absolute Gasteiger partial charge is 0.395 e. The Labute approximate surface area is 116 Å². The van der Waals surface area contributed by atoms with Crippen molar-refractivity contribution in [3.05, 3.63) is 28.1 Å². The van der Waals surface area contributed by atoms with Crippen LogP contribution < -0.4 is 0 Å². The van der Waals surface area contributed by atoms with Gasteiger partial charge in [-0.05, 0) is 13.8 Å². The molecule has 0 aliphatic carbocycles. The first kappa shape index (κ1) is 16.1. The normalized spacial score (nSPS) is 10.8. The second-order valence-corrected chi connectivity index (χ2v) is 4.58. The van der Waals surface area contributed by atoms with E-state index < -0.39 is 10.8 Å². The van der Waals surface area contributed by atoms with E-state index in [9.17, 15) is 14.9 Å². The van der Waals surface area contributed by atoms with Gasteiger partial charge in [0.05, 0.1) is 24.3 Å². The lowest BCUT2D eigenvalue weighted by Crippen LogP contribution is -2.37. The maximum absolute atomic E-state index is 12.3. The van der Waals surface area contributed by atoms with Crippen molar-refractivity contribution in [2.75, 3.05) is 26.3 Å². The molecule has 8 nitrogen and oxygen atoms in total. The van der Waals surface area contributed by atoms with E-state index in [0.29, 0.717) is 0 Å². The standard InChI is InChI=1S/C12H19N3O5/c1-9(2)14-8-10(15(19)20)7-11(14)12(18)13(3-5-16)4-6-17/h7-9,16-17H,3-6H2,1-2H3. The first-order valence-electron chi connectivity index (χ1n) is 6.29. The van der Waals surface area contributed by atoms with Gasteiger partial charge in [0.1, 0.15) is 5.69 Å². The van der Waals surface area contributed by atoms with Crippen LogP contribution in [0, 0.1) is 10.1 Å². The Bertz CT molecular complexity index is 477. The number of hydrogen-bond donors (Lipinski definition) is 2. The number of nitrogens with zero attached hydrogens (tertiary/aromatic N) is 3. The lowest BCUT2D eigenvalue weighted by molar-refractivity contribution is -0.384. The van der Waals surface area contributed by atoms with Gasteiger partial charge in [-0.15, -0.1) is 0 Å². The van der Waals surface area contributed by atoms with Gasteiger partial charge in [-0.2, -0.15) is 0 Å². The first-order chi connectivity index (χ1) is 9.42. The zero-order chi connectivity index (χ0) is 15.3. The maximum Gasteiger partial charge on any atom is 0.287 e. The van der Waals surface area contributed by atoms with E-state index >= 15 is 0 Å². The van der Waals surface area contributed by atoms with Gasteiger partial charge in [-0.1, -0.05) is 0 Å². The summed E-state index contributed by atoms with van der Waals surface area (Å²) in [6.45, 7) is 3.27. The Morgan fingerprint density at radius 1 is 1.40 bits per heavy atom. The first-order valence-corrected chi connectivity index (χ1v) is 6.29. The Kier molecular flexibility index (Phi) is 5.66. The molecule has 0 fully saturated rings. The predicted octanol–water partition coefficient (Wildman–Crippen LogP) is 0.404. The van der Waals surface area contributed by atoms with E-state index in [2.05, 4.69) is 0 Å². The molecule has 1 amide bonds. The summed E-state index contributed by atoms with van der Waals surface area (Å²) in [6, 6.07) is 1.09. The molecule has 2 N–H and O–H groups in total. The summed E-state index contributed by atoms with van der Waals surface area (Å²) in [4.78, 5) is 23.9. The lowest BCUT2D eigenvalue weighted by Gasteiger charge is -2.22. The summed E-state index contributed by atoms with van der Waals surface area (Å²) in [7, 11) is 0. The molecule has 0 spiro atoms. The highest BCUT2D eigenvalue weighted by atomic mass is 16.6. The molecule has 1 aromatic rings. The van der Waals surface area contributed by atoms with Crippen LogP contribution in [-0.4, -0.2) is 56.8 Å². The Balaban J connectivity index is 3.14. The minimum Gasteiger partial charge on any atom is -0.395 e. The topological polar surface area (TPSA) is 109 Å². The van der Waals surface area contributed by atoms with Gasteiger partial charge < -0.3 is 19.7 Å². The molecular formula is C12H19N3O5. The molecule has 0 aromatic carbocycles. The number of carbonyl (C=O) groups excluding carboxylic acids is 1. The number of hydrogen-bond acceptors (Lipinski definition) is 5. The van der Waals surface area contributed by atoms with Gasteiger partial charge in [0, 0.05) is 25.2 Å². The summed E-state index contributed by atoms with van der Waals surface area (Å²) in [5, 5.41) is 28.7. The predicted molar refractivity (Wildman–Crippen MR) is 71.5 cm³/mol. The van der Waals surface area contributed by atoms with E-state index in [4.69, 9.17) is 10.2 Å². The molecule has 0 atom stereocenters. The van der Waals surface area contributed by atoms with Gasteiger partial charge in [-0.25, -0.2) is 0 Å². The molecule has 8 heteroatoms. The third-order valence-electron chi connectivity index (χ3n) is 2.85.